The molecule has 0 bridgehead atoms. The van der Waals surface area contributed by atoms with E-state index in [4.69, 9.17) is 0 Å². The molecule has 0 N–H and O–H groups in total. The van der Waals surface area contributed by atoms with Crippen molar-refractivity contribution in [3.63, 3.8) is 0 Å². The molecule has 1 fully saturated rings. The quantitative estimate of drug-likeness (QED) is 0.766. The standard InChI is InChI=1S/C15H23BrN2/c1-13-6-5-7-14(17-13)12-18(11-10-16)15-8-3-2-4-9-15/h5-7,15H,2-4,8-12H2,1H3. The highest BCUT2D eigenvalue weighted by Gasteiger charge is 2.20. The van der Waals surface area contributed by atoms with E-state index in [9.17, 15) is 0 Å². The maximum Gasteiger partial charge on any atom is 0.0547 e. The first-order valence-corrected chi connectivity index (χ1v) is 8.14. The minimum Gasteiger partial charge on any atom is -0.294 e. The third-order valence-electron chi connectivity index (χ3n) is 3.77. The van der Waals surface area contributed by atoms with Gasteiger partial charge in [-0.25, -0.2) is 0 Å². The fourth-order valence-corrected chi connectivity index (χ4v) is 3.30. The van der Waals surface area contributed by atoms with Crippen LogP contribution in [0.25, 0.3) is 0 Å². The molecule has 2 nitrogen and oxygen atoms in total. The lowest BCUT2D eigenvalue weighted by Gasteiger charge is -2.33. The van der Waals surface area contributed by atoms with Crippen LogP contribution in [0.15, 0.2) is 18.2 Å². The molecule has 0 spiro atoms. The first-order chi connectivity index (χ1) is 8.79. The summed E-state index contributed by atoms with van der Waals surface area (Å²) < 4.78 is 0. The van der Waals surface area contributed by atoms with Crippen molar-refractivity contribution < 1.29 is 0 Å². The van der Waals surface area contributed by atoms with Crippen LogP contribution in [-0.4, -0.2) is 27.8 Å². The van der Waals surface area contributed by atoms with E-state index < -0.39 is 0 Å². The van der Waals surface area contributed by atoms with E-state index in [1.54, 1.807) is 0 Å². The average molecular weight is 311 g/mol. The van der Waals surface area contributed by atoms with Crippen LogP contribution in [0.4, 0.5) is 0 Å². The Bertz CT molecular complexity index is 361. The highest BCUT2D eigenvalue weighted by molar-refractivity contribution is 9.09. The molecule has 0 amide bonds. The van der Waals surface area contributed by atoms with Crippen molar-refractivity contribution in [1.29, 1.82) is 0 Å². The van der Waals surface area contributed by atoms with Crippen LogP contribution in [0.1, 0.15) is 43.5 Å². The summed E-state index contributed by atoms with van der Waals surface area (Å²) in [7, 11) is 0. The predicted octanol–water partition coefficient (Wildman–Crippen LogP) is 3.92. The summed E-state index contributed by atoms with van der Waals surface area (Å²) in [5.74, 6) is 0. The van der Waals surface area contributed by atoms with Crippen molar-refractivity contribution >= 4 is 15.9 Å². The van der Waals surface area contributed by atoms with Gasteiger partial charge in [-0.15, -0.1) is 0 Å². The average Bonchev–Trinajstić information content (AvgIpc) is 2.39. The molecule has 1 aliphatic carbocycles. The zero-order chi connectivity index (χ0) is 12.8. The predicted molar refractivity (Wildman–Crippen MR) is 80.1 cm³/mol. The Morgan fingerprint density at radius 2 is 2.06 bits per heavy atom. The van der Waals surface area contributed by atoms with Crippen molar-refractivity contribution in [3.8, 4) is 0 Å². The minimum absolute atomic E-state index is 0.763. The van der Waals surface area contributed by atoms with E-state index >= 15 is 0 Å². The van der Waals surface area contributed by atoms with Crippen LogP contribution < -0.4 is 0 Å². The maximum absolute atomic E-state index is 4.63. The molecular weight excluding hydrogens is 288 g/mol. The van der Waals surface area contributed by atoms with Gasteiger partial charge >= 0.3 is 0 Å². The van der Waals surface area contributed by atoms with E-state index in [0.717, 1.165) is 30.2 Å². The van der Waals surface area contributed by atoms with Gasteiger partial charge in [0, 0.05) is 30.2 Å². The third-order valence-corrected chi connectivity index (χ3v) is 4.13. The number of alkyl halides is 1. The first kappa shape index (κ1) is 14.0. The molecule has 1 aliphatic rings. The molecule has 0 saturated heterocycles. The maximum atomic E-state index is 4.63. The molecule has 0 radical (unpaired) electrons. The number of hydrogen-bond acceptors (Lipinski definition) is 2. The smallest absolute Gasteiger partial charge is 0.0547 e. The number of rotatable bonds is 5. The second-order valence-corrected chi connectivity index (χ2v) is 6.01. The normalized spacial score (nSPS) is 17.3. The monoisotopic (exact) mass is 310 g/mol. The summed E-state index contributed by atoms with van der Waals surface area (Å²) in [6, 6.07) is 7.10. The number of halogens is 1. The summed E-state index contributed by atoms with van der Waals surface area (Å²) >= 11 is 3.58. The van der Waals surface area contributed by atoms with Gasteiger partial charge in [0.1, 0.15) is 0 Å². The molecule has 1 aromatic heterocycles. The number of pyridine rings is 1. The molecule has 100 valence electrons. The largest absolute Gasteiger partial charge is 0.294 e. The van der Waals surface area contributed by atoms with Gasteiger partial charge in [-0.2, -0.15) is 0 Å². The molecule has 0 atom stereocenters. The minimum atomic E-state index is 0.763. The lowest BCUT2D eigenvalue weighted by molar-refractivity contribution is 0.156. The molecule has 3 heteroatoms. The molecular formula is C15H23BrN2. The SMILES string of the molecule is Cc1cccc(CN(CCBr)C2CCCCC2)n1. The third kappa shape index (κ3) is 4.06. The fraction of sp³-hybridized carbons (Fsp3) is 0.667. The Balaban J connectivity index is 2.00. The van der Waals surface area contributed by atoms with Gasteiger partial charge < -0.3 is 0 Å². The second-order valence-electron chi connectivity index (χ2n) is 5.22. The zero-order valence-corrected chi connectivity index (χ0v) is 12.8. The van der Waals surface area contributed by atoms with Gasteiger partial charge in [0.25, 0.3) is 0 Å². The Hall–Kier alpha value is -0.410. The Morgan fingerprint density at radius 3 is 2.72 bits per heavy atom. The van der Waals surface area contributed by atoms with Crippen LogP contribution in [0.2, 0.25) is 0 Å². The number of aryl methyl sites for hydroxylation is 1. The summed E-state index contributed by atoms with van der Waals surface area (Å²) in [6.07, 6.45) is 6.92. The van der Waals surface area contributed by atoms with Crippen LogP contribution in [0, 0.1) is 6.92 Å². The lowest BCUT2D eigenvalue weighted by atomic mass is 9.94. The molecule has 1 heterocycles. The van der Waals surface area contributed by atoms with Crippen molar-refractivity contribution in [2.75, 3.05) is 11.9 Å². The van der Waals surface area contributed by atoms with E-state index in [-0.39, 0.29) is 0 Å². The summed E-state index contributed by atoms with van der Waals surface area (Å²) in [6.45, 7) is 4.19. The van der Waals surface area contributed by atoms with E-state index in [2.05, 4.69) is 50.9 Å². The van der Waals surface area contributed by atoms with E-state index in [0.29, 0.717) is 0 Å². The van der Waals surface area contributed by atoms with Crippen LogP contribution in [-0.2, 0) is 6.54 Å². The summed E-state index contributed by atoms with van der Waals surface area (Å²) in [5.41, 5.74) is 2.33. The molecule has 1 aromatic rings. The van der Waals surface area contributed by atoms with Crippen molar-refractivity contribution in [2.24, 2.45) is 0 Å². The first-order valence-electron chi connectivity index (χ1n) is 7.02. The van der Waals surface area contributed by atoms with Crippen molar-refractivity contribution in [2.45, 2.75) is 51.6 Å². The van der Waals surface area contributed by atoms with E-state index in [1.165, 1.54) is 37.8 Å². The molecule has 0 aromatic carbocycles. The van der Waals surface area contributed by atoms with Gasteiger partial charge in [-0.3, -0.25) is 9.88 Å². The number of nitrogens with zero attached hydrogens (tertiary/aromatic N) is 2. The van der Waals surface area contributed by atoms with Crippen LogP contribution >= 0.6 is 15.9 Å². The second kappa shape index (κ2) is 7.25. The highest BCUT2D eigenvalue weighted by Crippen LogP contribution is 2.23. The Labute approximate surface area is 119 Å². The van der Waals surface area contributed by atoms with Crippen LogP contribution in [0.5, 0.6) is 0 Å². The lowest BCUT2D eigenvalue weighted by Crippen LogP contribution is -2.37. The van der Waals surface area contributed by atoms with Crippen LogP contribution in [0.3, 0.4) is 0 Å². The van der Waals surface area contributed by atoms with Gasteiger partial charge in [0.2, 0.25) is 0 Å². The zero-order valence-electron chi connectivity index (χ0n) is 11.2. The van der Waals surface area contributed by atoms with Gasteiger partial charge in [0.05, 0.1) is 5.69 Å². The number of aromatic nitrogens is 1. The van der Waals surface area contributed by atoms with E-state index in [1.807, 2.05) is 0 Å². The fourth-order valence-electron chi connectivity index (χ4n) is 2.84. The molecule has 18 heavy (non-hydrogen) atoms. The summed E-state index contributed by atoms with van der Waals surface area (Å²) in [4.78, 5) is 7.24. The Kier molecular flexibility index (Phi) is 5.64. The summed E-state index contributed by atoms with van der Waals surface area (Å²) in [5, 5.41) is 1.05. The van der Waals surface area contributed by atoms with Crippen molar-refractivity contribution in [3.05, 3.63) is 29.6 Å². The topological polar surface area (TPSA) is 16.1 Å². The number of hydrogen-bond donors (Lipinski definition) is 0. The molecule has 0 unspecified atom stereocenters. The van der Waals surface area contributed by atoms with Gasteiger partial charge in [-0.1, -0.05) is 41.3 Å². The van der Waals surface area contributed by atoms with Gasteiger partial charge in [-0.05, 0) is 31.9 Å². The molecule has 2 rings (SSSR count). The van der Waals surface area contributed by atoms with Crippen molar-refractivity contribution in [1.82, 2.24) is 9.88 Å². The molecule has 1 saturated carbocycles. The van der Waals surface area contributed by atoms with Gasteiger partial charge in [0.15, 0.2) is 0 Å². The highest BCUT2D eigenvalue weighted by atomic mass is 79.9. The Morgan fingerprint density at radius 1 is 1.28 bits per heavy atom. The molecule has 0 aliphatic heterocycles.